The third kappa shape index (κ3) is 4.09. The Morgan fingerprint density at radius 3 is 2.48 bits per heavy atom. The molecule has 0 radical (unpaired) electrons. The van der Waals surface area contributed by atoms with E-state index in [1.54, 1.807) is 11.8 Å². The van der Waals surface area contributed by atoms with Gasteiger partial charge in [-0.05, 0) is 44.6 Å². The number of carbonyl (C=O) groups excluding carboxylic acids is 2. The molecule has 0 aromatic rings. The molecule has 0 unspecified atom stereocenters. The molecule has 0 aromatic heterocycles. The highest BCUT2D eigenvalue weighted by Crippen LogP contribution is 2.42. The Bertz CT molecular complexity index is 369. The van der Waals surface area contributed by atoms with Crippen molar-refractivity contribution in [2.45, 2.75) is 51.5 Å². The molecular formula is C15H27N3O3. The quantitative estimate of drug-likeness (QED) is 0.799. The zero-order chi connectivity index (χ0) is 15.3. The number of hydrogen-bond acceptors (Lipinski definition) is 4. The normalized spacial score (nSPS) is 21.5. The summed E-state index contributed by atoms with van der Waals surface area (Å²) in [6, 6.07) is 0.165. The van der Waals surface area contributed by atoms with Gasteiger partial charge in [0.1, 0.15) is 0 Å². The van der Waals surface area contributed by atoms with Crippen molar-refractivity contribution in [3.05, 3.63) is 0 Å². The highest BCUT2D eigenvalue weighted by atomic mass is 16.6. The Morgan fingerprint density at radius 2 is 2.00 bits per heavy atom. The smallest absolute Gasteiger partial charge is 0.409 e. The fourth-order valence-electron chi connectivity index (χ4n) is 3.17. The van der Waals surface area contributed by atoms with E-state index in [4.69, 9.17) is 10.5 Å². The average molecular weight is 297 g/mol. The number of ether oxygens (including phenoxy) is 1. The summed E-state index contributed by atoms with van der Waals surface area (Å²) < 4.78 is 4.99. The van der Waals surface area contributed by atoms with Crippen LogP contribution in [0.3, 0.4) is 0 Å². The van der Waals surface area contributed by atoms with E-state index in [-0.39, 0.29) is 23.5 Å². The maximum atomic E-state index is 12.1. The number of carbonyl (C=O) groups is 2. The van der Waals surface area contributed by atoms with Crippen molar-refractivity contribution in [1.29, 1.82) is 0 Å². The molecule has 0 spiro atoms. The van der Waals surface area contributed by atoms with Crippen molar-refractivity contribution in [3.8, 4) is 0 Å². The second-order valence-electron chi connectivity index (χ2n) is 6.26. The van der Waals surface area contributed by atoms with E-state index in [2.05, 4.69) is 5.32 Å². The molecular weight excluding hydrogens is 270 g/mol. The Morgan fingerprint density at radius 1 is 1.33 bits per heavy atom. The van der Waals surface area contributed by atoms with Crippen LogP contribution in [0.15, 0.2) is 0 Å². The minimum absolute atomic E-state index is 0.0513. The van der Waals surface area contributed by atoms with Crippen LogP contribution >= 0.6 is 0 Å². The standard InChI is InChI=1S/C15H27N3O3/c1-2-21-14(20)18-8-4-12(5-9-18)17-13(19)10-15(11-16)6-3-7-15/h12H,2-11,16H2,1H3,(H,17,19). The van der Waals surface area contributed by atoms with Gasteiger partial charge in [-0.3, -0.25) is 4.79 Å². The van der Waals surface area contributed by atoms with Crippen molar-refractivity contribution in [1.82, 2.24) is 10.2 Å². The van der Waals surface area contributed by atoms with E-state index in [0.717, 1.165) is 25.7 Å². The molecule has 1 saturated carbocycles. The summed E-state index contributed by atoms with van der Waals surface area (Å²) >= 11 is 0. The summed E-state index contributed by atoms with van der Waals surface area (Å²) in [4.78, 5) is 25.4. The molecule has 0 bridgehead atoms. The first kappa shape index (κ1) is 16.1. The third-order valence-corrected chi connectivity index (χ3v) is 4.77. The molecule has 2 rings (SSSR count). The molecule has 0 aromatic carbocycles. The summed E-state index contributed by atoms with van der Waals surface area (Å²) in [5.41, 5.74) is 5.84. The molecule has 6 nitrogen and oxygen atoms in total. The molecule has 2 fully saturated rings. The van der Waals surface area contributed by atoms with Crippen LogP contribution in [0.5, 0.6) is 0 Å². The summed E-state index contributed by atoms with van der Waals surface area (Å²) in [7, 11) is 0. The molecule has 1 heterocycles. The molecule has 21 heavy (non-hydrogen) atoms. The molecule has 3 N–H and O–H groups in total. The third-order valence-electron chi connectivity index (χ3n) is 4.77. The number of nitrogens with one attached hydrogen (secondary N) is 1. The van der Waals surface area contributed by atoms with Crippen molar-refractivity contribution in [2.24, 2.45) is 11.1 Å². The molecule has 2 amide bonds. The molecule has 0 atom stereocenters. The van der Waals surface area contributed by atoms with Gasteiger partial charge in [-0.25, -0.2) is 4.79 Å². The van der Waals surface area contributed by atoms with Crippen molar-refractivity contribution < 1.29 is 14.3 Å². The van der Waals surface area contributed by atoms with Gasteiger partial charge < -0.3 is 20.7 Å². The lowest BCUT2D eigenvalue weighted by Crippen LogP contribution is -2.48. The second kappa shape index (κ2) is 7.11. The van der Waals surface area contributed by atoms with Crippen LogP contribution in [-0.4, -0.2) is 49.2 Å². The highest BCUT2D eigenvalue weighted by Gasteiger charge is 2.38. The Balaban J connectivity index is 1.71. The van der Waals surface area contributed by atoms with Gasteiger partial charge in [0.15, 0.2) is 0 Å². The topological polar surface area (TPSA) is 84.7 Å². The van der Waals surface area contributed by atoms with E-state index in [1.807, 2.05) is 0 Å². The zero-order valence-electron chi connectivity index (χ0n) is 12.9. The van der Waals surface area contributed by atoms with Gasteiger partial charge in [0.05, 0.1) is 6.61 Å². The number of nitrogens with two attached hydrogens (primary N) is 1. The summed E-state index contributed by atoms with van der Waals surface area (Å²) in [5, 5.41) is 3.10. The van der Waals surface area contributed by atoms with Crippen LogP contribution in [0.25, 0.3) is 0 Å². The Labute approximate surface area is 126 Å². The predicted molar refractivity (Wildman–Crippen MR) is 79.7 cm³/mol. The van der Waals surface area contributed by atoms with Crippen molar-refractivity contribution in [2.75, 3.05) is 26.2 Å². The molecule has 2 aliphatic rings. The Kier molecular flexibility index (Phi) is 5.45. The molecule has 1 saturated heterocycles. The fourth-order valence-corrected chi connectivity index (χ4v) is 3.17. The number of nitrogens with zero attached hydrogens (tertiary/aromatic N) is 1. The molecule has 1 aliphatic heterocycles. The van der Waals surface area contributed by atoms with Gasteiger partial charge >= 0.3 is 6.09 Å². The fraction of sp³-hybridized carbons (Fsp3) is 0.867. The average Bonchev–Trinajstić information content (AvgIpc) is 2.44. The lowest BCUT2D eigenvalue weighted by Gasteiger charge is -2.41. The first-order chi connectivity index (χ1) is 10.1. The lowest BCUT2D eigenvalue weighted by molar-refractivity contribution is -0.125. The number of piperidine rings is 1. The zero-order valence-corrected chi connectivity index (χ0v) is 12.9. The van der Waals surface area contributed by atoms with E-state index in [9.17, 15) is 9.59 Å². The van der Waals surface area contributed by atoms with Crippen molar-refractivity contribution in [3.63, 3.8) is 0 Å². The largest absolute Gasteiger partial charge is 0.450 e. The minimum atomic E-state index is -0.251. The summed E-state index contributed by atoms with van der Waals surface area (Å²) in [5.74, 6) is 0.106. The molecule has 120 valence electrons. The Hall–Kier alpha value is -1.30. The SMILES string of the molecule is CCOC(=O)N1CCC(NC(=O)CC2(CN)CCC2)CC1. The van der Waals surface area contributed by atoms with Crippen LogP contribution in [-0.2, 0) is 9.53 Å². The van der Waals surface area contributed by atoms with E-state index in [0.29, 0.717) is 32.7 Å². The van der Waals surface area contributed by atoms with Crippen molar-refractivity contribution >= 4 is 12.0 Å². The minimum Gasteiger partial charge on any atom is -0.450 e. The predicted octanol–water partition coefficient (Wildman–Crippen LogP) is 1.24. The van der Waals surface area contributed by atoms with Crippen LogP contribution in [0, 0.1) is 5.41 Å². The first-order valence-electron chi connectivity index (χ1n) is 8.00. The van der Waals surface area contributed by atoms with Crippen LogP contribution in [0.4, 0.5) is 4.79 Å². The monoisotopic (exact) mass is 297 g/mol. The maximum Gasteiger partial charge on any atom is 0.409 e. The number of likely N-dealkylation sites (tertiary alicyclic amines) is 1. The molecule has 6 heteroatoms. The van der Waals surface area contributed by atoms with Gasteiger partial charge in [-0.2, -0.15) is 0 Å². The van der Waals surface area contributed by atoms with Gasteiger partial charge in [0, 0.05) is 25.6 Å². The van der Waals surface area contributed by atoms with Gasteiger partial charge in [0.2, 0.25) is 5.91 Å². The van der Waals surface area contributed by atoms with Crippen LogP contribution in [0.1, 0.15) is 45.4 Å². The summed E-state index contributed by atoms with van der Waals surface area (Å²) in [6.45, 7) is 4.09. The van der Waals surface area contributed by atoms with Gasteiger partial charge in [-0.1, -0.05) is 6.42 Å². The van der Waals surface area contributed by atoms with E-state index >= 15 is 0 Å². The maximum absolute atomic E-state index is 12.1. The second-order valence-corrected chi connectivity index (χ2v) is 6.26. The lowest BCUT2D eigenvalue weighted by atomic mass is 9.66. The number of rotatable bonds is 5. The van der Waals surface area contributed by atoms with Crippen LogP contribution < -0.4 is 11.1 Å². The van der Waals surface area contributed by atoms with Gasteiger partial charge in [-0.15, -0.1) is 0 Å². The first-order valence-corrected chi connectivity index (χ1v) is 8.00. The van der Waals surface area contributed by atoms with E-state index in [1.165, 1.54) is 6.42 Å². The summed E-state index contributed by atoms with van der Waals surface area (Å²) in [6.07, 6.45) is 5.19. The van der Waals surface area contributed by atoms with E-state index < -0.39 is 0 Å². The highest BCUT2D eigenvalue weighted by molar-refractivity contribution is 5.77. The van der Waals surface area contributed by atoms with Crippen LogP contribution in [0.2, 0.25) is 0 Å². The molecule has 1 aliphatic carbocycles. The van der Waals surface area contributed by atoms with Gasteiger partial charge in [0.25, 0.3) is 0 Å². The number of hydrogen-bond donors (Lipinski definition) is 2. The number of amides is 2.